The summed E-state index contributed by atoms with van der Waals surface area (Å²) in [6.07, 6.45) is 1.74. The second-order valence-electron chi connectivity index (χ2n) is 3.45. The molecule has 1 aromatic rings. The number of hydrogen-bond donors (Lipinski definition) is 1. The first kappa shape index (κ1) is 11.5. The number of ether oxygens (including phenoxy) is 2. The van der Waals surface area contributed by atoms with Crippen molar-refractivity contribution in [2.24, 2.45) is 5.73 Å². The molecule has 1 aliphatic heterocycles. The molecule has 0 bridgehead atoms. The minimum Gasteiger partial charge on any atom is -0.343 e. The van der Waals surface area contributed by atoms with E-state index in [1.165, 1.54) is 0 Å². The van der Waals surface area contributed by atoms with Gasteiger partial charge in [0.2, 0.25) is 5.79 Å². The molecule has 15 heavy (non-hydrogen) atoms. The molecule has 0 unspecified atom stereocenters. The highest BCUT2D eigenvalue weighted by Gasteiger charge is 2.39. The molecule has 84 valence electrons. The zero-order valence-corrected chi connectivity index (χ0v) is 10.8. The number of nitrogens with two attached hydrogens (primary N) is 1. The first-order valence-corrected chi connectivity index (χ1v) is 6.61. The fourth-order valence-corrected chi connectivity index (χ4v) is 3.23. The van der Waals surface area contributed by atoms with E-state index in [1.54, 1.807) is 11.3 Å². The van der Waals surface area contributed by atoms with Crippen LogP contribution in [0.2, 0.25) is 0 Å². The van der Waals surface area contributed by atoms with E-state index in [-0.39, 0.29) is 0 Å². The maximum Gasteiger partial charge on any atom is 0.204 e. The topological polar surface area (TPSA) is 44.5 Å². The van der Waals surface area contributed by atoms with Gasteiger partial charge in [0.25, 0.3) is 0 Å². The summed E-state index contributed by atoms with van der Waals surface area (Å²) in [6, 6.07) is 4.08. The standard InChI is InChI=1S/C10H14BrNO2S/c11-9-3-2-8(15-9)10(4-1-5-12)13-6-7-14-10/h2-3H,1,4-7,12H2. The lowest BCUT2D eigenvalue weighted by Crippen LogP contribution is -2.26. The molecule has 2 N–H and O–H groups in total. The molecular weight excluding hydrogens is 278 g/mol. The van der Waals surface area contributed by atoms with Crippen molar-refractivity contribution in [2.45, 2.75) is 18.6 Å². The Labute approximate surface area is 102 Å². The molecule has 0 aromatic carbocycles. The molecule has 2 heterocycles. The van der Waals surface area contributed by atoms with E-state index in [1.807, 2.05) is 6.07 Å². The van der Waals surface area contributed by atoms with Crippen LogP contribution < -0.4 is 5.73 Å². The zero-order valence-electron chi connectivity index (χ0n) is 8.37. The summed E-state index contributed by atoms with van der Waals surface area (Å²) >= 11 is 5.11. The molecule has 0 atom stereocenters. The van der Waals surface area contributed by atoms with Crippen LogP contribution in [0, 0.1) is 0 Å². The van der Waals surface area contributed by atoms with Crippen molar-refractivity contribution in [2.75, 3.05) is 19.8 Å². The molecule has 0 radical (unpaired) electrons. The Morgan fingerprint density at radius 2 is 2.13 bits per heavy atom. The van der Waals surface area contributed by atoms with E-state index in [2.05, 4.69) is 22.0 Å². The molecule has 0 amide bonds. The fourth-order valence-electron chi connectivity index (χ4n) is 1.72. The highest BCUT2D eigenvalue weighted by Crippen LogP contribution is 2.40. The van der Waals surface area contributed by atoms with Gasteiger partial charge in [0, 0.05) is 6.42 Å². The average molecular weight is 292 g/mol. The van der Waals surface area contributed by atoms with Crippen molar-refractivity contribution in [3.8, 4) is 0 Å². The third-order valence-electron chi connectivity index (χ3n) is 2.41. The van der Waals surface area contributed by atoms with Crippen LogP contribution >= 0.6 is 27.3 Å². The van der Waals surface area contributed by atoms with Crippen molar-refractivity contribution in [3.63, 3.8) is 0 Å². The number of hydrogen-bond acceptors (Lipinski definition) is 4. The predicted octanol–water partition coefficient (Wildman–Crippen LogP) is 2.45. The van der Waals surface area contributed by atoms with Gasteiger partial charge in [-0.1, -0.05) is 0 Å². The summed E-state index contributed by atoms with van der Waals surface area (Å²) in [7, 11) is 0. The molecule has 0 spiro atoms. The van der Waals surface area contributed by atoms with Crippen LogP contribution in [0.4, 0.5) is 0 Å². The Balaban J connectivity index is 2.18. The highest BCUT2D eigenvalue weighted by molar-refractivity contribution is 9.11. The van der Waals surface area contributed by atoms with Crippen molar-refractivity contribution < 1.29 is 9.47 Å². The van der Waals surface area contributed by atoms with Gasteiger partial charge in [-0.05, 0) is 41.0 Å². The second-order valence-corrected chi connectivity index (χ2v) is 5.91. The molecule has 1 saturated heterocycles. The van der Waals surface area contributed by atoms with Crippen molar-refractivity contribution in [1.29, 1.82) is 0 Å². The van der Waals surface area contributed by atoms with Crippen LogP contribution in [0.25, 0.3) is 0 Å². The van der Waals surface area contributed by atoms with Gasteiger partial charge >= 0.3 is 0 Å². The highest BCUT2D eigenvalue weighted by atomic mass is 79.9. The number of halogens is 1. The van der Waals surface area contributed by atoms with E-state index >= 15 is 0 Å². The van der Waals surface area contributed by atoms with Gasteiger partial charge in [-0.25, -0.2) is 0 Å². The van der Waals surface area contributed by atoms with E-state index < -0.39 is 5.79 Å². The number of rotatable bonds is 4. The summed E-state index contributed by atoms with van der Waals surface area (Å²) in [4.78, 5) is 1.13. The van der Waals surface area contributed by atoms with Crippen LogP contribution in [-0.4, -0.2) is 19.8 Å². The Kier molecular flexibility index (Phi) is 3.79. The predicted molar refractivity (Wildman–Crippen MR) is 63.9 cm³/mol. The largest absolute Gasteiger partial charge is 0.343 e. The third-order valence-corrected chi connectivity index (χ3v) is 4.16. The summed E-state index contributed by atoms with van der Waals surface area (Å²) in [5.41, 5.74) is 5.53. The first-order valence-electron chi connectivity index (χ1n) is 5.01. The minimum atomic E-state index is -0.532. The van der Waals surface area contributed by atoms with Crippen LogP contribution in [-0.2, 0) is 15.3 Å². The number of thiophene rings is 1. The lowest BCUT2D eigenvalue weighted by atomic mass is 10.1. The van der Waals surface area contributed by atoms with Gasteiger partial charge in [-0.15, -0.1) is 11.3 Å². The summed E-state index contributed by atoms with van der Waals surface area (Å²) in [5, 5.41) is 0. The van der Waals surface area contributed by atoms with Gasteiger partial charge < -0.3 is 15.2 Å². The second kappa shape index (κ2) is 4.93. The molecular formula is C10H14BrNO2S. The normalized spacial score (nSPS) is 19.6. The van der Waals surface area contributed by atoms with Crippen LogP contribution in [0.5, 0.6) is 0 Å². The Morgan fingerprint density at radius 1 is 1.40 bits per heavy atom. The zero-order chi connectivity index (χ0) is 10.7. The SMILES string of the molecule is NCCCC1(c2ccc(Br)s2)OCCO1. The van der Waals surface area contributed by atoms with Gasteiger partial charge in [-0.2, -0.15) is 0 Å². The summed E-state index contributed by atoms with van der Waals surface area (Å²) in [6.45, 7) is 2.00. The average Bonchev–Trinajstić information content (AvgIpc) is 2.84. The van der Waals surface area contributed by atoms with Crippen molar-refractivity contribution in [3.05, 3.63) is 20.8 Å². The first-order chi connectivity index (χ1) is 7.27. The monoisotopic (exact) mass is 291 g/mol. The van der Waals surface area contributed by atoms with E-state index in [0.29, 0.717) is 19.8 Å². The molecule has 1 aliphatic rings. The molecule has 0 aliphatic carbocycles. The van der Waals surface area contributed by atoms with Crippen molar-refractivity contribution >= 4 is 27.3 Å². The molecule has 3 nitrogen and oxygen atoms in total. The van der Waals surface area contributed by atoms with E-state index in [4.69, 9.17) is 15.2 Å². The molecule has 1 fully saturated rings. The fraction of sp³-hybridized carbons (Fsp3) is 0.600. The van der Waals surface area contributed by atoms with Gasteiger partial charge in [-0.3, -0.25) is 0 Å². The lowest BCUT2D eigenvalue weighted by Gasteiger charge is -2.25. The Bertz CT molecular complexity index is 323. The minimum absolute atomic E-state index is 0.532. The van der Waals surface area contributed by atoms with Crippen LogP contribution in [0.1, 0.15) is 17.7 Å². The third kappa shape index (κ3) is 2.42. The quantitative estimate of drug-likeness (QED) is 0.927. The Morgan fingerprint density at radius 3 is 2.67 bits per heavy atom. The molecule has 2 rings (SSSR count). The van der Waals surface area contributed by atoms with Crippen molar-refractivity contribution in [1.82, 2.24) is 0 Å². The molecule has 5 heteroatoms. The van der Waals surface area contributed by atoms with Gasteiger partial charge in [0.1, 0.15) is 0 Å². The summed E-state index contributed by atoms with van der Waals surface area (Å²) in [5.74, 6) is -0.532. The summed E-state index contributed by atoms with van der Waals surface area (Å²) < 4.78 is 12.6. The molecule has 1 aromatic heterocycles. The van der Waals surface area contributed by atoms with Gasteiger partial charge in [0.05, 0.1) is 21.9 Å². The van der Waals surface area contributed by atoms with Crippen LogP contribution in [0.15, 0.2) is 15.9 Å². The van der Waals surface area contributed by atoms with Crippen LogP contribution in [0.3, 0.4) is 0 Å². The maximum atomic E-state index is 5.75. The lowest BCUT2D eigenvalue weighted by molar-refractivity contribution is -0.168. The Hall–Kier alpha value is 0.0600. The van der Waals surface area contributed by atoms with Gasteiger partial charge in [0.15, 0.2) is 0 Å². The van der Waals surface area contributed by atoms with E-state index in [0.717, 1.165) is 21.5 Å². The van der Waals surface area contributed by atoms with E-state index in [9.17, 15) is 0 Å². The molecule has 0 saturated carbocycles. The smallest absolute Gasteiger partial charge is 0.204 e. The maximum absolute atomic E-state index is 5.75.